The van der Waals surface area contributed by atoms with E-state index < -0.39 is 0 Å². The fourth-order valence-electron chi connectivity index (χ4n) is 2.90. The van der Waals surface area contributed by atoms with E-state index in [1.165, 1.54) is 20.0 Å². The molecule has 5 nitrogen and oxygen atoms in total. The van der Waals surface area contributed by atoms with Crippen molar-refractivity contribution < 1.29 is 18.7 Å². The van der Waals surface area contributed by atoms with Crippen molar-refractivity contribution >= 4 is 17.9 Å². The molecule has 0 aliphatic carbocycles. The van der Waals surface area contributed by atoms with Gasteiger partial charge < -0.3 is 13.9 Å². The Morgan fingerprint density at radius 3 is 2.67 bits per heavy atom. The molecule has 1 aliphatic rings. The molecule has 0 saturated carbocycles. The lowest BCUT2D eigenvalue weighted by Crippen LogP contribution is -2.12. The maximum atomic E-state index is 12.4. The van der Waals surface area contributed by atoms with Crippen molar-refractivity contribution in [3.05, 3.63) is 41.9 Å². The summed E-state index contributed by atoms with van der Waals surface area (Å²) in [4.78, 5) is 12.4. The summed E-state index contributed by atoms with van der Waals surface area (Å²) in [7, 11) is 2.96. The molecule has 0 atom stereocenters. The minimum Gasteiger partial charge on any atom is -0.495 e. The van der Waals surface area contributed by atoms with Gasteiger partial charge in [-0.25, -0.2) is 4.79 Å². The topological polar surface area (TPSA) is 51.9 Å². The SMILES string of the molecule is COC(=O)c1c(CSN2CCCC2)ccc(-c2ccoc2)c1OC. The van der Waals surface area contributed by atoms with Crippen LogP contribution in [0.25, 0.3) is 11.1 Å². The second-order valence-electron chi connectivity index (χ2n) is 5.59. The third kappa shape index (κ3) is 3.44. The van der Waals surface area contributed by atoms with E-state index in [0.717, 1.165) is 29.8 Å². The molecule has 0 spiro atoms. The Morgan fingerprint density at radius 1 is 1.25 bits per heavy atom. The van der Waals surface area contributed by atoms with E-state index in [1.807, 2.05) is 18.2 Å². The summed E-state index contributed by atoms with van der Waals surface area (Å²) in [5.41, 5.74) is 3.10. The van der Waals surface area contributed by atoms with Crippen molar-refractivity contribution in [1.29, 1.82) is 0 Å². The lowest BCUT2D eigenvalue weighted by atomic mass is 9.99. The zero-order valence-electron chi connectivity index (χ0n) is 13.9. The number of rotatable bonds is 6. The number of hydrogen-bond acceptors (Lipinski definition) is 6. The largest absolute Gasteiger partial charge is 0.495 e. The summed E-state index contributed by atoms with van der Waals surface area (Å²) >= 11 is 1.75. The van der Waals surface area contributed by atoms with Gasteiger partial charge in [-0.05, 0) is 24.5 Å². The average molecular weight is 347 g/mol. The van der Waals surface area contributed by atoms with E-state index >= 15 is 0 Å². The first-order chi connectivity index (χ1) is 11.7. The first kappa shape index (κ1) is 16.9. The van der Waals surface area contributed by atoms with Crippen LogP contribution < -0.4 is 4.74 Å². The van der Waals surface area contributed by atoms with Crippen molar-refractivity contribution in [2.45, 2.75) is 18.6 Å². The number of carbonyl (C=O) groups is 1. The van der Waals surface area contributed by atoms with Crippen LogP contribution in [-0.4, -0.2) is 37.6 Å². The second-order valence-corrected chi connectivity index (χ2v) is 6.66. The highest BCUT2D eigenvalue weighted by molar-refractivity contribution is 7.96. The molecule has 2 aromatic rings. The molecule has 1 aromatic carbocycles. The van der Waals surface area contributed by atoms with Crippen molar-refractivity contribution in [3.63, 3.8) is 0 Å². The Morgan fingerprint density at radius 2 is 2.04 bits per heavy atom. The summed E-state index contributed by atoms with van der Waals surface area (Å²) in [5, 5.41) is 0. The zero-order valence-corrected chi connectivity index (χ0v) is 14.7. The number of nitrogens with zero attached hydrogens (tertiary/aromatic N) is 1. The fraction of sp³-hybridized carbons (Fsp3) is 0.389. The number of benzene rings is 1. The van der Waals surface area contributed by atoms with E-state index in [-0.39, 0.29) is 5.97 Å². The Hall–Kier alpha value is -1.92. The van der Waals surface area contributed by atoms with Crippen molar-refractivity contribution in [1.82, 2.24) is 4.31 Å². The van der Waals surface area contributed by atoms with Gasteiger partial charge in [0.2, 0.25) is 0 Å². The summed E-state index contributed by atoms with van der Waals surface area (Å²) in [5.74, 6) is 0.865. The Labute approximate surface area is 146 Å². The number of hydrogen-bond donors (Lipinski definition) is 0. The predicted octanol–water partition coefficient (Wildman–Crippen LogP) is 3.99. The predicted molar refractivity (Wildman–Crippen MR) is 94.1 cm³/mol. The second kappa shape index (κ2) is 7.77. The Balaban J connectivity index is 1.96. The molecule has 2 heterocycles. The summed E-state index contributed by atoms with van der Waals surface area (Å²) in [6.45, 7) is 2.20. The maximum absolute atomic E-state index is 12.4. The first-order valence-electron chi connectivity index (χ1n) is 7.93. The highest BCUT2D eigenvalue weighted by Gasteiger charge is 2.23. The maximum Gasteiger partial charge on any atom is 0.341 e. The molecule has 0 radical (unpaired) electrons. The highest BCUT2D eigenvalue weighted by atomic mass is 32.2. The molecular weight excluding hydrogens is 326 g/mol. The van der Waals surface area contributed by atoms with Gasteiger partial charge in [-0.15, -0.1) is 0 Å². The van der Waals surface area contributed by atoms with E-state index in [0.29, 0.717) is 17.1 Å². The molecule has 1 aliphatic heterocycles. The van der Waals surface area contributed by atoms with Crippen molar-refractivity contribution in [3.8, 4) is 16.9 Å². The normalized spacial score (nSPS) is 14.8. The molecule has 0 amide bonds. The van der Waals surface area contributed by atoms with Gasteiger partial charge in [-0.2, -0.15) is 0 Å². The molecule has 0 bridgehead atoms. The van der Waals surface area contributed by atoms with Crippen LogP contribution in [-0.2, 0) is 10.5 Å². The van der Waals surface area contributed by atoms with Crippen LogP contribution >= 0.6 is 11.9 Å². The van der Waals surface area contributed by atoms with E-state index in [2.05, 4.69) is 4.31 Å². The van der Waals surface area contributed by atoms with Crippen LogP contribution in [0.4, 0.5) is 0 Å². The molecule has 0 N–H and O–H groups in total. The molecule has 3 rings (SSSR count). The van der Waals surface area contributed by atoms with E-state index in [1.54, 1.807) is 31.6 Å². The van der Waals surface area contributed by atoms with Gasteiger partial charge in [0.25, 0.3) is 0 Å². The standard InChI is InChI=1S/C18H21NO4S/c1-21-17-15(13-7-10-23-11-13)6-5-14(16(17)18(20)22-2)12-24-19-8-3-4-9-19/h5-7,10-11H,3-4,8-9,12H2,1-2H3. The molecule has 6 heteroatoms. The summed E-state index contributed by atoms with van der Waals surface area (Å²) in [6.07, 6.45) is 5.71. The van der Waals surface area contributed by atoms with Crippen LogP contribution in [0.15, 0.2) is 35.1 Å². The molecule has 0 unspecified atom stereocenters. The third-order valence-corrected chi connectivity index (χ3v) is 5.31. The van der Waals surface area contributed by atoms with Crippen LogP contribution in [0.2, 0.25) is 0 Å². The van der Waals surface area contributed by atoms with Crippen molar-refractivity contribution in [2.75, 3.05) is 27.3 Å². The number of furan rings is 1. The quantitative estimate of drug-likeness (QED) is 0.582. The molecule has 1 fully saturated rings. The van der Waals surface area contributed by atoms with Gasteiger partial charge in [0.05, 0.1) is 26.7 Å². The monoisotopic (exact) mass is 347 g/mol. The molecule has 1 aromatic heterocycles. The van der Waals surface area contributed by atoms with Gasteiger partial charge >= 0.3 is 5.97 Å². The first-order valence-corrected chi connectivity index (χ1v) is 8.87. The Bertz CT molecular complexity index is 693. The summed E-state index contributed by atoms with van der Waals surface area (Å²) < 4.78 is 18.1. The van der Waals surface area contributed by atoms with Crippen molar-refractivity contribution in [2.24, 2.45) is 0 Å². The van der Waals surface area contributed by atoms with Crippen LogP contribution in [0.5, 0.6) is 5.75 Å². The van der Waals surface area contributed by atoms with Crippen LogP contribution in [0.3, 0.4) is 0 Å². The number of ether oxygens (including phenoxy) is 2. The number of methoxy groups -OCH3 is 2. The number of carbonyl (C=O) groups excluding carboxylic acids is 1. The molecular formula is C18H21NO4S. The van der Waals surface area contributed by atoms with Crippen LogP contribution in [0, 0.1) is 0 Å². The zero-order chi connectivity index (χ0) is 16.9. The van der Waals surface area contributed by atoms with E-state index in [9.17, 15) is 4.79 Å². The summed E-state index contributed by atoms with van der Waals surface area (Å²) in [6, 6.07) is 5.79. The molecule has 24 heavy (non-hydrogen) atoms. The molecule has 128 valence electrons. The fourth-order valence-corrected chi connectivity index (χ4v) is 3.98. The van der Waals surface area contributed by atoms with Gasteiger partial charge in [0, 0.05) is 30.0 Å². The smallest absolute Gasteiger partial charge is 0.341 e. The third-order valence-electron chi connectivity index (χ3n) is 4.14. The average Bonchev–Trinajstić information content (AvgIpc) is 3.31. The van der Waals surface area contributed by atoms with Gasteiger partial charge in [-0.3, -0.25) is 4.31 Å². The minimum atomic E-state index is -0.380. The van der Waals surface area contributed by atoms with Gasteiger partial charge in [0.15, 0.2) is 0 Å². The van der Waals surface area contributed by atoms with E-state index in [4.69, 9.17) is 13.9 Å². The minimum absolute atomic E-state index is 0.380. The van der Waals surface area contributed by atoms with Crippen LogP contribution in [0.1, 0.15) is 28.8 Å². The Kier molecular flexibility index (Phi) is 5.48. The van der Waals surface area contributed by atoms with Gasteiger partial charge in [0.1, 0.15) is 11.3 Å². The lowest BCUT2D eigenvalue weighted by molar-refractivity contribution is 0.0596. The highest BCUT2D eigenvalue weighted by Crippen LogP contribution is 2.37. The molecule has 1 saturated heterocycles. The van der Waals surface area contributed by atoms with Gasteiger partial charge in [-0.1, -0.05) is 24.1 Å². The number of esters is 1. The lowest BCUT2D eigenvalue weighted by Gasteiger charge is -2.18.